The molecule has 0 aliphatic heterocycles. The fraction of sp³-hybridized carbons (Fsp3) is 0.733. The summed E-state index contributed by atoms with van der Waals surface area (Å²) in [7, 11) is 1.28. The van der Waals surface area contributed by atoms with Crippen LogP contribution in [0.1, 0.15) is 40.5 Å². The highest BCUT2D eigenvalue weighted by molar-refractivity contribution is 5.81. The average Bonchev–Trinajstić information content (AvgIpc) is 2.36. The molecule has 0 aromatic rings. The number of carboxylic acids is 1. The van der Waals surface area contributed by atoms with Crippen LogP contribution in [-0.2, 0) is 14.3 Å². The molecule has 1 aliphatic rings. The maximum absolute atomic E-state index is 11.2. The number of carboxylic acid groups (broad SMARTS) is 1. The van der Waals surface area contributed by atoms with E-state index in [2.05, 4.69) is 37.7 Å². The van der Waals surface area contributed by atoms with Crippen molar-refractivity contribution in [3.05, 3.63) is 12.2 Å². The first-order valence-corrected chi connectivity index (χ1v) is 7.01. The fourth-order valence-corrected chi connectivity index (χ4v) is 2.17. The van der Waals surface area contributed by atoms with E-state index in [0.29, 0.717) is 24.9 Å². The number of methoxy groups -OCH3 is 1. The zero-order valence-corrected chi connectivity index (χ0v) is 13.1. The molecule has 0 aromatic heterocycles. The van der Waals surface area contributed by atoms with Crippen LogP contribution in [0.5, 0.6) is 0 Å². The standard InChI is InChI=1S/C9H12O4.C6H15N/c1-13-9(12)7-5-3-2-4-6(7)8(10)11;1-5(2)7-6(3)4/h2-3,6-7H,4-5H2,1H3,(H,10,11);5-7H,1-4H3/t6-,7+;/m1./s1. The van der Waals surface area contributed by atoms with E-state index in [-0.39, 0.29) is 0 Å². The first-order valence-electron chi connectivity index (χ1n) is 7.01. The first-order chi connectivity index (χ1) is 9.29. The van der Waals surface area contributed by atoms with Crippen molar-refractivity contribution in [3.63, 3.8) is 0 Å². The summed E-state index contributed by atoms with van der Waals surface area (Å²) >= 11 is 0. The molecule has 0 bridgehead atoms. The number of carbonyl (C=O) groups excluding carboxylic acids is 1. The lowest BCUT2D eigenvalue weighted by atomic mass is 9.83. The number of carbonyl (C=O) groups is 2. The lowest BCUT2D eigenvalue weighted by molar-refractivity contribution is -0.155. The van der Waals surface area contributed by atoms with Crippen molar-refractivity contribution in [3.8, 4) is 0 Å². The normalized spacial score (nSPS) is 21.4. The number of rotatable bonds is 4. The second kappa shape index (κ2) is 9.53. The van der Waals surface area contributed by atoms with Gasteiger partial charge in [0.15, 0.2) is 0 Å². The van der Waals surface area contributed by atoms with Crippen LogP contribution in [0.25, 0.3) is 0 Å². The third-order valence-electron chi connectivity index (χ3n) is 2.92. The molecular formula is C15H27NO4. The number of nitrogens with one attached hydrogen (secondary N) is 1. The molecule has 0 heterocycles. The van der Waals surface area contributed by atoms with Gasteiger partial charge in [-0.3, -0.25) is 9.59 Å². The van der Waals surface area contributed by atoms with Crippen molar-refractivity contribution < 1.29 is 19.4 Å². The molecule has 0 saturated heterocycles. The van der Waals surface area contributed by atoms with Crippen LogP contribution < -0.4 is 5.32 Å². The van der Waals surface area contributed by atoms with Crippen LogP contribution >= 0.6 is 0 Å². The Hall–Kier alpha value is -1.36. The molecular weight excluding hydrogens is 258 g/mol. The summed E-state index contributed by atoms with van der Waals surface area (Å²) in [5.41, 5.74) is 0. The van der Waals surface area contributed by atoms with Crippen LogP contribution in [0.2, 0.25) is 0 Å². The van der Waals surface area contributed by atoms with E-state index >= 15 is 0 Å². The van der Waals surface area contributed by atoms with Crippen molar-refractivity contribution in [2.75, 3.05) is 7.11 Å². The van der Waals surface area contributed by atoms with Crippen LogP contribution in [0.3, 0.4) is 0 Å². The molecule has 0 saturated carbocycles. The van der Waals surface area contributed by atoms with Gasteiger partial charge in [0.1, 0.15) is 0 Å². The molecule has 0 radical (unpaired) electrons. The number of esters is 1. The van der Waals surface area contributed by atoms with Gasteiger partial charge in [-0.2, -0.15) is 0 Å². The molecule has 116 valence electrons. The van der Waals surface area contributed by atoms with Crippen LogP contribution in [-0.4, -0.2) is 36.2 Å². The van der Waals surface area contributed by atoms with Gasteiger partial charge in [0.2, 0.25) is 0 Å². The largest absolute Gasteiger partial charge is 0.481 e. The van der Waals surface area contributed by atoms with Gasteiger partial charge in [0, 0.05) is 12.1 Å². The summed E-state index contributed by atoms with van der Waals surface area (Å²) in [6.07, 6.45) is 4.48. The number of hydrogen-bond acceptors (Lipinski definition) is 4. The van der Waals surface area contributed by atoms with Crippen LogP contribution in [0, 0.1) is 11.8 Å². The quantitative estimate of drug-likeness (QED) is 0.612. The highest BCUT2D eigenvalue weighted by Crippen LogP contribution is 2.26. The van der Waals surface area contributed by atoms with Crippen molar-refractivity contribution in [1.29, 1.82) is 0 Å². The van der Waals surface area contributed by atoms with Crippen molar-refractivity contribution in [2.45, 2.75) is 52.6 Å². The summed E-state index contributed by atoms with van der Waals surface area (Å²) in [4.78, 5) is 21.9. The number of aliphatic carboxylic acids is 1. The lowest BCUT2D eigenvalue weighted by Crippen LogP contribution is -2.31. The number of ether oxygens (including phenoxy) is 1. The molecule has 1 aliphatic carbocycles. The molecule has 2 N–H and O–H groups in total. The highest BCUT2D eigenvalue weighted by Gasteiger charge is 2.34. The SMILES string of the molecule is CC(C)NC(C)C.COC(=O)[C@H]1CC=CC[C@H]1C(=O)O. The van der Waals surface area contributed by atoms with E-state index < -0.39 is 23.8 Å². The number of hydrogen-bond donors (Lipinski definition) is 2. The lowest BCUT2D eigenvalue weighted by Gasteiger charge is -2.22. The zero-order valence-electron chi connectivity index (χ0n) is 13.1. The average molecular weight is 285 g/mol. The smallest absolute Gasteiger partial charge is 0.309 e. The molecule has 0 amide bonds. The zero-order chi connectivity index (χ0) is 15.7. The van der Waals surface area contributed by atoms with E-state index in [4.69, 9.17) is 5.11 Å². The Kier molecular flexibility index (Phi) is 8.88. The van der Waals surface area contributed by atoms with Gasteiger partial charge in [0.25, 0.3) is 0 Å². The molecule has 20 heavy (non-hydrogen) atoms. The fourth-order valence-electron chi connectivity index (χ4n) is 2.17. The van der Waals surface area contributed by atoms with Gasteiger partial charge in [-0.25, -0.2) is 0 Å². The van der Waals surface area contributed by atoms with E-state index in [0.717, 1.165) is 0 Å². The van der Waals surface area contributed by atoms with Crippen LogP contribution in [0.4, 0.5) is 0 Å². The Morgan fingerprint density at radius 3 is 1.85 bits per heavy atom. The van der Waals surface area contributed by atoms with Crippen molar-refractivity contribution >= 4 is 11.9 Å². The molecule has 0 spiro atoms. The molecule has 2 atom stereocenters. The summed E-state index contributed by atoms with van der Waals surface area (Å²) in [5, 5.41) is 12.1. The van der Waals surface area contributed by atoms with Crippen molar-refractivity contribution in [2.24, 2.45) is 11.8 Å². The third-order valence-corrected chi connectivity index (χ3v) is 2.92. The predicted octanol–water partition coefficient (Wildman–Crippen LogP) is 2.22. The van der Waals surface area contributed by atoms with Gasteiger partial charge >= 0.3 is 11.9 Å². The minimum atomic E-state index is -0.931. The Balaban J connectivity index is 0.000000441. The first kappa shape index (κ1) is 18.6. The summed E-state index contributed by atoms with van der Waals surface area (Å²) in [6, 6.07) is 1.25. The predicted molar refractivity (Wildman–Crippen MR) is 78.4 cm³/mol. The minimum absolute atomic E-state index is 0.412. The van der Waals surface area contributed by atoms with Gasteiger partial charge in [-0.1, -0.05) is 39.8 Å². The Bertz CT molecular complexity index is 331. The van der Waals surface area contributed by atoms with Crippen molar-refractivity contribution in [1.82, 2.24) is 5.32 Å². The molecule has 5 nitrogen and oxygen atoms in total. The van der Waals surface area contributed by atoms with Gasteiger partial charge in [-0.05, 0) is 12.8 Å². The van der Waals surface area contributed by atoms with E-state index in [9.17, 15) is 9.59 Å². The summed E-state index contributed by atoms with van der Waals surface area (Å²) in [6.45, 7) is 8.61. The maximum Gasteiger partial charge on any atom is 0.309 e. The minimum Gasteiger partial charge on any atom is -0.481 e. The Morgan fingerprint density at radius 2 is 1.55 bits per heavy atom. The van der Waals surface area contributed by atoms with E-state index in [1.54, 1.807) is 6.08 Å². The molecule has 1 rings (SSSR count). The Labute approximate surface area is 121 Å². The Morgan fingerprint density at radius 1 is 1.10 bits per heavy atom. The van der Waals surface area contributed by atoms with Gasteiger partial charge < -0.3 is 15.2 Å². The van der Waals surface area contributed by atoms with E-state index in [1.807, 2.05) is 6.08 Å². The highest BCUT2D eigenvalue weighted by atomic mass is 16.5. The van der Waals surface area contributed by atoms with E-state index in [1.165, 1.54) is 7.11 Å². The molecule has 0 fully saturated rings. The van der Waals surface area contributed by atoms with Gasteiger partial charge in [-0.15, -0.1) is 0 Å². The van der Waals surface area contributed by atoms with Crippen LogP contribution in [0.15, 0.2) is 12.2 Å². The van der Waals surface area contributed by atoms with Gasteiger partial charge in [0.05, 0.1) is 18.9 Å². The molecule has 0 aromatic carbocycles. The monoisotopic (exact) mass is 285 g/mol. The topological polar surface area (TPSA) is 75.6 Å². The second-order valence-corrected chi connectivity index (χ2v) is 5.49. The molecule has 0 unspecified atom stereocenters. The summed E-state index contributed by atoms with van der Waals surface area (Å²) < 4.78 is 4.53. The second-order valence-electron chi connectivity index (χ2n) is 5.49. The molecule has 5 heteroatoms. The summed E-state index contributed by atoms with van der Waals surface area (Å²) in [5.74, 6) is -2.51. The third kappa shape index (κ3) is 7.28. The maximum atomic E-state index is 11.2. The number of allylic oxidation sites excluding steroid dienone is 2.